The monoisotopic (exact) mass is 237 g/mol. The van der Waals surface area contributed by atoms with Crippen molar-refractivity contribution < 1.29 is 4.57 Å². The predicted molar refractivity (Wildman–Crippen MR) is 73.1 cm³/mol. The highest BCUT2D eigenvalue weighted by atomic mass is 15.2. The summed E-state index contributed by atoms with van der Waals surface area (Å²) in [5, 5.41) is 0. The van der Waals surface area contributed by atoms with Crippen molar-refractivity contribution in [2.75, 3.05) is 0 Å². The molecule has 0 saturated carbocycles. The second-order valence-corrected chi connectivity index (χ2v) is 5.22. The first-order valence-corrected chi connectivity index (χ1v) is 7.29. The zero-order valence-corrected chi connectivity index (χ0v) is 12.1. The molecule has 17 heavy (non-hydrogen) atoms. The summed E-state index contributed by atoms with van der Waals surface area (Å²) >= 11 is 0. The van der Waals surface area contributed by atoms with Gasteiger partial charge in [-0.2, -0.15) is 0 Å². The van der Waals surface area contributed by atoms with Crippen LogP contribution in [0.4, 0.5) is 0 Å². The van der Waals surface area contributed by atoms with Crippen LogP contribution in [0.2, 0.25) is 0 Å². The molecule has 2 nitrogen and oxygen atoms in total. The van der Waals surface area contributed by atoms with E-state index in [0.717, 1.165) is 0 Å². The van der Waals surface area contributed by atoms with Gasteiger partial charge in [-0.3, -0.25) is 0 Å². The van der Waals surface area contributed by atoms with Crippen molar-refractivity contribution in [2.24, 2.45) is 0 Å². The Hall–Kier alpha value is -0.790. The summed E-state index contributed by atoms with van der Waals surface area (Å²) in [5.41, 5.74) is 0. The molecule has 1 heterocycles. The fraction of sp³-hybridized carbons (Fsp3) is 0.800. The number of unbranched alkanes of at least 4 members (excludes halogenated alkanes) is 3. The Bertz CT molecular complexity index is 313. The quantitative estimate of drug-likeness (QED) is 0.479. The van der Waals surface area contributed by atoms with Crippen molar-refractivity contribution in [1.82, 2.24) is 4.57 Å². The van der Waals surface area contributed by atoms with Crippen molar-refractivity contribution in [1.29, 1.82) is 0 Å². The third-order valence-electron chi connectivity index (χ3n) is 3.35. The van der Waals surface area contributed by atoms with Crippen molar-refractivity contribution in [3.8, 4) is 0 Å². The Morgan fingerprint density at radius 2 is 1.82 bits per heavy atom. The van der Waals surface area contributed by atoms with Gasteiger partial charge < -0.3 is 0 Å². The molecule has 0 aliphatic carbocycles. The Labute approximate surface area is 107 Å². The van der Waals surface area contributed by atoms with Crippen LogP contribution in [0.25, 0.3) is 0 Å². The van der Waals surface area contributed by atoms with Gasteiger partial charge in [0.15, 0.2) is 0 Å². The zero-order chi connectivity index (χ0) is 12.7. The van der Waals surface area contributed by atoms with E-state index in [1.165, 1.54) is 50.9 Å². The van der Waals surface area contributed by atoms with Gasteiger partial charge in [-0.15, -0.1) is 0 Å². The molecule has 0 fully saturated rings. The lowest BCUT2D eigenvalue weighted by Crippen LogP contribution is -2.37. The lowest BCUT2D eigenvalue weighted by atomic mass is 10.2. The molecule has 0 aromatic carbocycles. The topological polar surface area (TPSA) is 8.81 Å². The second-order valence-electron chi connectivity index (χ2n) is 5.22. The van der Waals surface area contributed by atoms with E-state index in [4.69, 9.17) is 0 Å². The van der Waals surface area contributed by atoms with E-state index in [1.54, 1.807) is 0 Å². The average molecular weight is 237 g/mol. The molecule has 1 aromatic rings. The fourth-order valence-electron chi connectivity index (χ4n) is 2.28. The summed E-state index contributed by atoms with van der Waals surface area (Å²) in [6.07, 6.45) is 12.3. The highest BCUT2D eigenvalue weighted by Crippen LogP contribution is 2.10. The Kier molecular flexibility index (Phi) is 6.31. The van der Waals surface area contributed by atoms with Gasteiger partial charge in [0.05, 0.1) is 12.6 Å². The van der Waals surface area contributed by atoms with E-state index in [2.05, 4.69) is 49.2 Å². The normalized spacial score (nSPS) is 11.4. The van der Waals surface area contributed by atoms with Crippen LogP contribution in [0.1, 0.15) is 71.7 Å². The third-order valence-corrected chi connectivity index (χ3v) is 3.35. The molecule has 0 radical (unpaired) electrons. The van der Waals surface area contributed by atoms with E-state index in [9.17, 15) is 0 Å². The summed E-state index contributed by atoms with van der Waals surface area (Å²) in [4.78, 5) is 0. The third kappa shape index (κ3) is 4.18. The molecular formula is C15H29N2+. The maximum absolute atomic E-state index is 2.46. The number of hydrogen-bond acceptors (Lipinski definition) is 0. The number of aryl methyl sites for hydroxylation is 1. The Morgan fingerprint density at radius 1 is 1.12 bits per heavy atom. The molecule has 0 amide bonds. The molecule has 0 spiro atoms. The molecule has 0 atom stereocenters. The number of nitrogens with zero attached hydrogens (tertiary/aromatic N) is 2. The predicted octanol–water partition coefficient (Wildman–Crippen LogP) is 3.89. The molecular weight excluding hydrogens is 208 g/mol. The Balaban J connectivity index is 2.74. The minimum absolute atomic E-state index is 0.578. The summed E-state index contributed by atoms with van der Waals surface area (Å²) in [6.45, 7) is 10.3. The van der Waals surface area contributed by atoms with Gasteiger partial charge in [-0.05, 0) is 26.7 Å². The van der Waals surface area contributed by atoms with Gasteiger partial charge in [-0.25, -0.2) is 9.13 Å². The number of hydrogen-bond donors (Lipinski definition) is 0. The van der Waals surface area contributed by atoms with E-state index in [1.807, 2.05) is 0 Å². The molecule has 0 aliphatic heterocycles. The van der Waals surface area contributed by atoms with Gasteiger partial charge in [0.25, 0.3) is 5.82 Å². The van der Waals surface area contributed by atoms with Crippen LogP contribution in [0.15, 0.2) is 12.4 Å². The highest BCUT2D eigenvalue weighted by molar-refractivity contribution is 4.86. The average Bonchev–Trinajstić information content (AvgIpc) is 2.70. The van der Waals surface area contributed by atoms with Crippen LogP contribution >= 0.6 is 0 Å². The number of imidazole rings is 1. The minimum Gasteiger partial charge on any atom is -0.234 e. The van der Waals surface area contributed by atoms with Crippen molar-refractivity contribution in [3.05, 3.63) is 18.2 Å². The maximum atomic E-state index is 2.46. The smallest absolute Gasteiger partial charge is 0.234 e. The van der Waals surface area contributed by atoms with Crippen LogP contribution in [-0.2, 0) is 13.0 Å². The molecule has 2 heteroatoms. The van der Waals surface area contributed by atoms with Crippen LogP contribution in [0, 0.1) is 0 Å². The van der Waals surface area contributed by atoms with Crippen LogP contribution in [0.5, 0.6) is 0 Å². The highest BCUT2D eigenvalue weighted by Gasteiger charge is 2.18. The van der Waals surface area contributed by atoms with Gasteiger partial charge in [0, 0.05) is 6.42 Å². The molecule has 0 N–H and O–H groups in total. The first kappa shape index (κ1) is 14.3. The molecule has 1 rings (SSSR count). The molecule has 1 aromatic heterocycles. The van der Waals surface area contributed by atoms with Gasteiger partial charge in [0.1, 0.15) is 12.4 Å². The molecule has 0 aliphatic rings. The molecule has 0 saturated heterocycles. The fourth-order valence-corrected chi connectivity index (χ4v) is 2.28. The van der Waals surface area contributed by atoms with E-state index in [-0.39, 0.29) is 0 Å². The molecule has 0 bridgehead atoms. The van der Waals surface area contributed by atoms with E-state index >= 15 is 0 Å². The number of aromatic nitrogens is 2. The molecule has 0 unspecified atom stereocenters. The standard InChI is InChI=1S/C15H29N2/c1-5-7-9-10-15-16(11-8-6-2)12-13-17(15)14(3)4/h12-14H,5-11H2,1-4H3/q+1. The van der Waals surface area contributed by atoms with Gasteiger partial charge >= 0.3 is 0 Å². The van der Waals surface area contributed by atoms with Crippen molar-refractivity contribution in [2.45, 2.75) is 78.8 Å². The first-order valence-electron chi connectivity index (χ1n) is 7.29. The summed E-state index contributed by atoms with van der Waals surface area (Å²) in [6, 6.07) is 0.578. The first-order chi connectivity index (χ1) is 8.20. The maximum Gasteiger partial charge on any atom is 0.256 e. The lowest BCUT2D eigenvalue weighted by molar-refractivity contribution is -0.704. The van der Waals surface area contributed by atoms with Gasteiger partial charge in [-0.1, -0.05) is 33.1 Å². The van der Waals surface area contributed by atoms with Gasteiger partial charge in [0.2, 0.25) is 0 Å². The minimum atomic E-state index is 0.578. The van der Waals surface area contributed by atoms with E-state index in [0.29, 0.717) is 6.04 Å². The van der Waals surface area contributed by atoms with Crippen molar-refractivity contribution >= 4 is 0 Å². The number of rotatable bonds is 8. The van der Waals surface area contributed by atoms with E-state index < -0.39 is 0 Å². The second kappa shape index (κ2) is 7.52. The zero-order valence-electron chi connectivity index (χ0n) is 12.1. The lowest BCUT2D eigenvalue weighted by Gasteiger charge is -2.07. The summed E-state index contributed by atoms with van der Waals surface area (Å²) < 4.78 is 4.89. The van der Waals surface area contributed by atoms with Crippen molar-refractivity contribution in [3.63, 3.8) is 0 Å². The SMILES string of the molecule is CCCCCc1n(C(C)C)cc[n+]1CCCC. The largest absolute Gasteiger partial charge is 0.256 e. The van der Waals surface area contributed by atoms with Crippen LogP contribution in [0.3, 0.4) is 0 Å². The molecule has 98 valence electrons. The summed E-state index contributed by atoms with van der Waals surface area (Å²) in [5.74, 6) is 1.52. The van der Waals surface area contributed by atoms with Crippen LogP contribution < -0.4 is 4.57 Å². The van der Waals surface area contributed by atoms with Crippen LogP contribution in [-0.4, -0.2) is 4.57 Å². The summed E-state index contributed by atoms with van der Waals surface area (Å²) in [7, 11) is 0. The Morgan fingerprint density at radius 3 is 2.41 bits per heavy atom.